The largest absolute Gasteiger partial charge is 0.476 e. The number of aromatic carboxylic acids is 1. The predicted molar refractivity (Wildman–Crippen MR) is 41.8 cm³/mol. The number of thiazole rings is 1. The van der Waals surface area contributed by atoms with Crippen molar-refractivity contribution in [3.05, 3.63) is 13.9 Å². The normalized spacial score (nSPS) is 9.80. The molecule has 0 aliphatic carbocycles. The number of halogens is 2. The van der Waals surface area contributed by atoms with Crippen molar-refractivity contribution in [3.8, 4) is 0 Å². The molecule has 6 heteroatoms. The van der Waals surface area contributed by atoms with Crippen molar-refractivity contribution in [3.63, 3.8) is 0 Å². The maximum atomic E-state index is 10.3. The van der Waals surface area contributed by atoms with Gasteiger partial charge in [0.2, 0.25) is 0 Å². The summed E-state index contributed by atoms with van der Waals surface area (Å²) >= 11 is 9.58. The summed E-state index contributed by atoms with van der Waals surface area (Å²) in [5, 5.41) is 8.42. The van der Waals surface area contributed by atoms with Crippen LogP contribution in [-0.2, 0) is 0 Å². The van der Waals surface area contributed by atoms with E-state index < -0.39 is 5.97 Å². The lowest BCUT2D eigenvalue weighted by Gasteiger charge is -1.82. The van der Waals surface area contributed by atoms with Crippen LogP contribution < -0.4 is 0 Å². The van der Waals surface area contributed by atoms with E-state index in [1.165, 1.54) is 0 Å². The van der Waals surface area contributed by atoms with Crippen molar-refractivity contribution in [2.24, 2.45) is 0 Å². The van der Waals surface area contributed by atoms with Crippen LogP contribution in [0.25, 0.3) is 0 Å². The smallest absolute Gasteiger partial charge is 0.357 e. The van der Waals surface area contributed by atoms with Crippen molar-refractivity contribution in [1.29, 1.82) is 0 Å². The quantitative estimate of drug-likeness (QED) is 0.822. The first-order valence-electron chi connectivity index (χ1n) is 2.16. The van der Waals surface area contributed by atoms with E-state index in [4.69, 9.17) is 16.7 Å². The summed E-state index contributed by atoms with van der Waals surface area (Å²) in [6.45, 7) is 0. The highest BCUT2D eigenvalue weighted by molar-refractivity contribution is 9.11. The second-order valence-electron chi connectivity index (χ2n) is 1.39. The zero-order valence-corrected chi connectivity index (χ0v) is 7.63. The average molecular weight is 242 g/mol. The van der Waals surface area contributed by atoms with Crippen LogP contribution in [0.2, 0.25) is 4.34 Å². The molecule has 0 aliphatic rings. The van der Waals surface area contributed by atoms with Crippen molar-refractivity contribution >= 4 is 44.8 Å². The molecule has 0 aliphatic heterocycles. The minimum atomic E-state index is -1.10. The lowest BCUT2D eigenvalue weighted by Crippen LogP contribution is -1.96. The summed E-state index contributed by atoms with van der Waals surface area (Å²) in [5.74, 6) is -1.10. The maximum Gasteiger partial charge on any atom is 0.357 e. The van der Waals surface area contributed by atoms with E-state index in [2.05, 4.69) is 20.9 Å². The van der Waals surface area contributed by atoms with Gasteiger partial charge in [0.25, 0.3) is 0 Å². The Morgan fingerprint density at radius 3 is 2.60 bits per heavy atom. The van der Waals surface area contributed by atoms with Crippen LogP contribution in [0.1, 0.15) is 10.5 Å². The lowest BCUT2D eigenvalue weighted by atomic mass is 10.5. The van der Waals surface area contributed by atoms with Gasteiger partial charge in [-0.2, -0.15) is 0 Å². The van der Waals surface area contributed by atoms with E-state index in [9.17, 15) is 4.79 Å². The summed E-state index contributed by atoms with van der Waals surface area (Å²) < 4.78 is 0.675. The number of nitrogens with zero attached hydrogens (tertiary/aromatic N) is 1. The van der Waals surface area contributed by atoms with Crippen molar-refractivity contribution in [2.45, 2.75) is 0 Å². The van der Waals surface area contributed by atoms with Crippen LogP contribution in [0.4, 0.5) is 0 Å². The van der Waals surface area contributed by atoms with Crippen LogP contribution in [0, 0.1) is 0 Å². The topological polar surface area (TPSA) is 50.2 Å². The molecule has 1 aromatic rings. The van der Waals surface area contributed by atoms with Gasteiger partial charge >= 0.3 is 5.97 Å². The first-order chi connectivity index (χ1) is 4.61. The second kappa shape index (κ2) is 2.86. The second-order valence-corrected chi connectivity index (χ2v) is 4.27. The molecule has 1 aromatic heterocycles. The molecule has 1 rings (SSSR count). The van der Waals surface area contributed by atoms with Gasteiger partial charge in [0, 0.05) is 0 Å². The van der Waals surface area contributed by atoms with Gasteiger partial charge in [-0.1, -0.05) is 22.9 Å². The number of carbonyl (C=O) groups is 1. The van der Waals surface area contributed by atoms with Gasteiger partial charge in [-0.25, -0.2) is 9.78 Å². The highest BCUT2D eigenvalue weighted by atomic mass is 79.9. The van der Waals surface area contributed by atoms with Gasteiger partial charge < -0.3 is 5.11 Å². The van der Waals surface area contributed by atoms with Crippen LogP contribution in [0.15, 0.2) is 3.92 Å². The highest BCUT2D eigenvalue weighted by Crippen LogP contribution is 2.27. The number of hydrogen-bond acceptors (Lipinski definition) is 3. The zero-order chi connectivity index (χ0) is 7.72. The Hall–Kier alpha value is -0.130. The Labute approximate surface area is 73.8 Å². The standard InChI is InChI=1S/C4HBrClNO2S/c5-4-7-1(3(8)9)2(6)10-4/h(H,8,9). The molecule has 0 unspecified atom stereocenters. The van der Waals surface area contributed by atoms with E-state index in [1.807, 2.05) is 0 Å². The molecule has 0 bridgehead atoms. The van der Waals surface area contributed by atoms with E-state index in [-0.39, 0.29) is 10.0 Å². The first-order valence-corrected chi connectivity index (χ1v) is 4.15. The summed E-state index contributed by atoms with van der Waals surface area (Å²) in [7, 11) is 0. The molecule has 1 heterocycles. The van der Waals surface area contributed by atoms with E-state index in [0.717, 1.165) is 11.3 Å². The lowest BCUT2D eigenvalue weighted by molar-refractivity contribution is 0.0691. The van der Waals surface area contributed by atoms with Gasteiger partial charge in [0.05, 0.1) is 0 Å². The Bertz CT molecular complexity index is 274. The van der Waals surface area contributed by atoms with Crippen LogP contribution >= 0.6 is 38.9 Å². The fourth-order valence-electron chi connectivity index (χ4n) is 0.409. The van der Waals surface area contributed by atoms with Crippen LogP contribution in [0.3, 0.4) is 0 Å². The Morgan fingerprint density at radius 1 is 1.80 bits per heavy atom. The van der Waals surface area contributed by atoms with Crippen molar-refractivity contribution in [2.75, 3.05) is 0 Å². The third kappa shape index (κ3) is 1.47. The molecule has 0 saturated carbocycles. The molecule has 0 spiro atoms. The Morgan fingerprint density at radius 2 is 2.40 bits per heavy atom. The van der Waals surface area contributed by atoms with Gasteiger partial charge in [-0.05, 0) is 15.9 Å². The van der Waals surface area contributed by atoms with Gasteiger partial charge in [-0.3, -0.25) is 0 Å². The number of carboxylic acids is 1. The highest BCUT2D eigenvalue weighted by Gasteiger charge is 2.13. The molecular formula is C4HBrClNO2S. The molecule has 0 saturated heterocycles. The number of hydrogen-bond donors (Lipinski definition) is 1. The fourth-order valence-corrected chi connectivity index (χ4v) is 2.21. The molecule has 0 atom stereocenters. The monoisotopic (exact) mass is 241 g/mol. The van der Waals surface area contributed by atoms with Crippen LogP contribution in [0.5, 0.6) is 0 Å². The van der Waals surface area contributed by atoms with Crippen molar-refractivity contribution < 1.29 is 9.90 Å². The first kappa shape index (κ1) is 7.97. The minimum Gasteiger partial charge on any atom is -0.476 e. The number of carboxylic acid groups (broad SMARTS) is 1. The molecule has 0 aromatic carbocycles. The SMILES string of the molecule is O=C(O)c1nc(Br)sc1Cl. The Kier molecular flexibility index (Phi) is 2.28. The number of rotatable bonds is 1. The molecule has 0 radical (unpaired) electrons. The predicted octanol–water partition coefficient (Wildman–Crippen LogP) is 2.26. The minimum absolute atomic E-state index is 0.0986. The Balaban J connectivity index is 3.15. The summed E-state index contributed by atoms with van der Waals surface area (Å²) in [4.78, 5) is 13.9. The fraction of sp³-hybridized carbons (Fsp3) is 0. The van der Waals surface area contributed by atoms with E-state index in [0.29, 0.717) is 3.92 Å². The molecular weight excluding hydrogens is 241 g/mol. The van der Waals surface area contributed by atoms with E-state index in [1.54, 1.807) is 0 Å². The average Bonchev–Trinajstić information content (AvgIpc) is 2.10. The summed E-state index contributed by atoms with van der Waals surface area (Å²) in [6, 6.07) is 0. The van der Waals surface area contributed by atoms with Gasteiger partial charge in [0.15, 0.2) is 9.61 Å². The summed E-state index contributed by atoms with van der Waals surface area (Å²) in [6.07, 6.45) is 0. The molecule has 3 nitrogen and oxygen atoms in total. The molecule has 0 amide bonds. The number of aromatic nitrogens is 1. The maximum absolute atomic E-state index is 10.3. The third-order valence-corrected chi connectivity index (χ3v) is 2.47. The van der Waals surface area contributed by atoms with E-state index >= 15 is 0 Å². The molecule has 54 valence electrons. The van der Waals surface area contributed by atoms with Gasteiger partial charge in [0.1, 0.15) is 4.34 Å². The van der Waals surface area contributed by atoms with Crippen molar-refractivity contribution in [1.82, 2.24) is 4.98 Å². The molecule has 0 fully saturated rings. The van der Waals surface area contributed by atoms with Gasteiger partial charge in [-0.15, -0.1) is 0 Å². The third-order valence-electron chi connectivity index (χ3n) is 0.762. The molecule has 1 N–H and O–H groups in total. The van der Waals surface area contributed by atoms with Crippen LogP contribution in [-0.4, -0.2) is 16.1 Å². The summed E-state index contributed by atoms with van der Waals surface area (Å²) in [5.41, 5.74) is -0.0986. The molecule has 10 heavy (non-hydrogen) atoms. The zero-order valence-electron chi connectivity index (χ0n) is 4.47.